The SMILES string of the molecule is O=C1NC(=O)C2C1N=NC2(c1ccccc1)c1ccccc1. The first-order chi connectivity index (χ1) is 10.7. The molecule has 5 nitrogen and oxygen atoms in total. The van der Waals surface area contributed by atoms with Gasteiger partial charge in [-0.2, -0.15) is 10.2 Å². The maximum atomic E-state index is 12.4. The minimum Gasteiger partial charge on any atom is -0.294 e. The molecule has 2 aliphatic heterocycles. The Kier molecular flexibility index (Phi) is 2.69. The van der Waals surface area contributed by atoms with Crippen LogP contribution in [-0.2, 0) is 15.1 Å². The van der Waals surface area contributed by atoms with Crippen LogP contribution in [0.4, 0.5) is 0 Å². The second-order valence-electron chi connectivity index (χ2n) is 5.49. The summed E-state index contributed by atoms with van der Waals surface area (Å²) in [6, 6.07) is 18.4. The highest BCUT2D eigenvalue weighted by Gasteiger charge is 2.60. The number of benzene rings is 2. The molecule has 0 saturated carbocycles. The van der Waals surface area contributed by atoms with Crippen molar-refractivity contribution in [3.05, 3.63) is 71.8 Å². The number of hydrogen-bond acceptors (Lipinski definition) is 4. The zero-order valence-electron chi connectivity index (χ0n) is 11.6. The average molecular weight is 291 g/mol. The van der Waals surface area contributed by atoms with Crippen molar-refractivity contribution in [3.8, 4) is 0 Å². The standard InChI is InChI=1S/C17H13N3O2/c21-15-13-14(16(22)18-15)19-20-17(13,11-7-3-1-4-8-11)12-9-5-2-6-10-12/h1-10,13-14H,(H,18,21,22). The van der Waals surface area contributed by atoms with Crippen molar-refractivity contribution >= 4 is 11.8 Å². The minimum atomic E-state index is -0.941. The van der Waals surface area contributed by atoms with Crippen LogP contribution in [0.15, 0.2) is 70.9 Å². The van der Waals surface area contributed by atoms with Gasteiger partial charge < -0.3 is 0 Å². The molecule has 0 aliphatic carbocycles. The van der Waals surface area contributed by atoms with Gasteiger partial charge in [0.1, 0.15) is 11.5 Å². The summed E-state index contributed by atoms with van der Waals surface area (Å²) in [4.78, 5) is 24.3. The molecule has 2 unspecified atom stereocenters. The molecule has 5 heteroatoms. The lowest BCUT2D eigenvalue weighted by atomic mass is 9.72. The third-order valence-corrected chi connectivity index (χ3v) is 4.33. The summed E-state index contributed by atoms with van der Waals surface area (Å²) >= 11 is 0. The van der Waals surface area contributed by atoms with E-state index >= 15 is 0 Å². The van der Waals surface area contributed by atoms with Crippen LogP contribution in [-0.4, -0.2) is 17.9 Å². The van der Waals surface area contributed by atoms with Crippen molar-refractivity contribution in [1.82, 2.24) is 5.32 Å². The molecule has 2 aromatic carbocycles. The summed E-state index contributed by atoms with van der Waals surface area (Å²) in [7, 11) is 0. The van der Waals surface area contributed by atoms with E-state index in [1.165, 1.54) is 0 Å². The van der Waals surface area contributed by atoms with Gasteiger partial charge in [0.05, 0.1) is 0 Å². The second-order valence-corrected chi connectivity index (χ2v) is 5.49. The maximum absolute atomic E-state index is 12.4. The third-order valence-electron chi connectivity index (χ3n) is 4.33. The number of amides is 2. The van der Waals surface area contributed by atoms with E-state index in [-0.39, 0.29) is 11.8 Å². The summed E-state index contributed by atoms with van der Waals surface area (Å²) < 4.78 is 0. The molecular weight excluding hydrogens is 278 g/mol. The van der Waals surface area contributed by atoms with E-state index in [4.69, 9.17) is 0 Å². The van der Waals surface area contributed by atoms with E-state index in [2.05, 4.69) is 15.5 Å². The normalized spacial score (nSPS) is 25.1. The Morgan fingerprint density at radius 1 is 0.818 bits per heavy atom. The number of imide groups is 1. The van der Waals surface area contributed by atoms with E-state index in [0.29, 0.717) is 0 Å². The monoisotopic (exact) mass is 291 g/mol. The summed E-state index contributed by atoms with van der Waals surface area (Å²) in [5.74, 6) is -1.31. The molecule has 108 valence electrons. The molecule has 0 bridgehead atoms. The van der Waals surface area contributed by atoms with Gasteiger partial charge >= 0.3 is 0 Å². The molecule has 1 saturated heterocycles. The van der Waals surface area contributed by atoms with Gasteiger partial charge in [-0.05, 0) is 11.1 Å². The molecule has 22 heavy (non-hydrogen) atoms. The van der Waals surface area contributed by atoms with Gasteiger partial charge in [0.15, 0.2) is 6.04 Å². The van der Waals surface area contributed by atoms with Crippen LogP contribution in [0.3, 0.4) is 0 Å². The smallest absolute Gasteiger partial charge is 0.254 e. The Morgan fingerprint density at radius 3 is 1.91 bits per heavy atom. The fourth-order valence-electron chi connectivity index (χ4n) is 3.35. The van der Waals surface area contributed by atoms with Crippen LogP contribution in [0.25, 0.3) is 0 Å². The van der Waals surface area contributed by atoms with E-state index in [1.807, 2.05) is 60.7 Å². The Hall–Kier alpha value is -2.82. The first-order valence-electron chi connectivity index (χ1n) is 7.11. The van der Waals surface area contributed by atoms with Crippen molar-refractivity contribution in [2.45, 2.75) is 11.6 Å². The lowest BCUT2D eigenvalue weighted by molar-refractivity contribution is -0.126. The fourth-order valence-corrected chi connectivity index (χ4v) is 3.35. The van der Waals surface area contributed by atoms with Crippen LogP contribution in [0.2, 0.25) is 0 Å². The number of hydrogen-bond donors (Lipinski definition) is 1. The van der Waals surface area contributed by atoms with Crippen molar-refractivity contribution in [2.24, 2.45) is 16.1 Å². The molecule has 0 aromatic heterocycles. The van der Waals surface area contributed by atoms with E-state index < -0.39 is 17.5 Å². The van der Waals surface area contributed by atoms with Crippen molar-refractivity contribution < 1.29 is 9.59 Å². The number of rotatable bonds is 2. The predicted molar refractivity (Wildman–Crippen MR) is 78.9 cm³/mol. The third kappa shape index (κ3) is 1.59. The highest BCUT2D eigenvalue weighted by atomic mass is 16.2. The molecule has 4 rings (SSSR count). The topological polar surface area (TPSA) is 70.9 Å². The molecule has 1 fully saturated rings. The first-order valence-corrected chi connectivity index (χ1v) is 7.11. The van der Waals surface area contributed by atoms with Crippen LogP contribution in [0.1, 0.15) is 11.1 Å². The number of azo groups is 1. The number of fused-ring (bicyclic) bond motifs is 1. The Balaban J connectivity index is 1.98. The summed E-state index contributed by atoms with van der Waals surface area (Å²) in [5, 5.41) is 10.9. The molecule has 2 atom stereocenters. The van der Waals surface area contributed by atoms with Gasteiger partial charge in [0.25, 0.3) is 5.91 Å². The zero-order chi connectivity index (χ0) is 15.2. The lowest BCUT2D eigenvalue weighted by Gasteiger charge is -2.30. The van der Waals surface area contributed by atoms with Gasteiger partial charge in [-0.15, -0.1) is 0 Å². The lowest BCUT2D eigenvalue weighted by Crippen LogP contribution is -2.39. The highest BCUT2D eigenvalue weighted by Crippen LogP contribution is 2.49. The largest absolute Gasteiger partial charge is 0.294 e. The average Bonchev–Trinajstić information content (AvgIpc) is 3.10. The number of nitrogens with one attached hydrogen (secondary N) is 1. The van der Waals surface area contributed by atoms with Crippen LogP contribution in [0, 0.1) is 5.92 Å². The molecule has 0 spiro atoms. The Bertz CT molecular complexity index is 732. The van der Waals surface area contributed by atoms with E-state index in [1.54, 1.807) is 0 Å². The zero-order valence-corrected chi connectivity index (χ0v) is 11.6. The molecule has 2 amide bonds. The van der Waals surface area contributed by atoms with Crippen LogP contribution in [0.5, 0.6) is 0 Å². The summed E-state index contributed by atoms with van der Waals surface area (Å²) in [5.41, 5.74) is 0.785. The van der Waals surface area contributed by atoms with Gasteiger partial charge in [0, 0.05) is 0 Å². The van der Waals surface area contributed by atoms with Gasteiger partial charge in [-0.3, -0.25) is 14.9 Å². The number of carbonyl (C=O) groups excluding carboxylic acids is 2. The highest BCUT2D eigenvalue weighted by molar-refractivity contribution is 6.08. The first kappa shape index (κ1) is 12.9. The van der Waals surface area contributed by atoms with E-state index in [0.717, 1.165) is 11.1 Å². The van der Waals surface area contributed by atoms with Gasteiger partial charge in [0.2, 0.25) is 5.91 Å². The van der Waals surface area contributed by atoms with Crippen molar-refractivity contribution in [3.63, 3.8) is 0 Å². The van der Waals surface area contributed by atoms with Gasteiger partial charge in [-0.25, -0.2) is 0 Å². The fraction of sp³-hybridized carbons (Fsp3) is 0.176. The molecule has 0 radical (unpaired) electrons. The van der Waals surface area contributed by atoms with Crippen molar-refractivity contribution in [1.29, 1.82) is 0 Å². The maximum Gasteiger partial charge on any atom is 0.254 e. The molecular formula is C17H13N3O2. The second kappa shape index (κ2) is 4.59. The molecule has 2 aliphatic rings. The van der Waals surface area contributed by atoms with Crippen LogP contribution < -0.4 is 5.32 Å². The molecule has 2 aromatic rings. The quantitative estimate of drug-likeness (QED) is 0.860. The minimum absolute atomic E-state index is 0.312. The predicted octanol–water partition coefficient (Wildman–Crippen LogP) is 2.04. The summed E-state index contributed by atoms with van der Waals surface area (Å²) in [6.45, 7) is 0. The van der Waals surface area contributed by atoms with E-state index in [9.17, 15) is 9.59 Å². The Labute approximate surface area is 127 Å². The summed E-state index contributed by atoms with van der Waals surface area (Å²) in [6.07, 6.45) is 0. The number of carbonyl (C=O) groups is 2. The Morgan fingerprint density at radius 2 is 1.36 bits per heavy atom. The molecule has 2 heterocycles. The number of nitrogens with zero attached hydrogens (tertiary/aromatic N) is 2. The van der Waals surface area contributed by atoms with Crippen molar-refractivity contribution in [2.75, 3.05) is 0 Å². The van der Waals surface area contributed by atoms with Crippen LogP contribution >= 0.6 is 0 Å². The van der Waals surface area contributed by atoms with Gasteiger partial charge in [-0.1, -0.05) is 60.7 Å². The molecule has 1 N–H and O–H groups in total.